The number of hydroxylamine groups is 2. The average molecular weight is 130 g/mol. The molecule has 1 radical (unpaired) electrons. The van der Waals surface area contributed by atoms with E-state index in [0.29, 0.717) is 5.92 Å². The van der Waals surface area contributed by atoms with E-state index in [1.165, 1.54) is 0 Å². The number of hydrogen-bond acceptors (Lipinski definition) is 2. The Morgan fingerprint density at radius 1 is 1.56 bits per heavy atom. The van der Waals surface area contributed by atoms with Gasteiger partial charge in [-0.15, -0.1) is 0 Å². The van der Waals surface area contributed by atoms with Crippen molar-refractivity contribution in [3.8, 4) is 0 Å². The van der Waals surface area contributed by atoms with Crippen LogP contribution in [-0.2, 0) is 4.84 Å². The SMILES string of the molecule is [CH2]N(CC)OCC(C)C. The summed E-state index contributed by atoms with van der Waals surface area (Å²) in [6.07, 6.45) is 0. The first-order chi connectivity index (χ1) is 4.16. The molecule has 0 N–H and O–H groups in total. The standard InChI is InChI=1S/C7H16NO/c1-5-8(4)9-6-7(2)3/h7H,4-6H2,1-3H3. The van der Waals surface area contributed by atoms with E-state index in [4.69, 9.17) is 4.84 Å². The van der Waals surface area contributed by atoms with Crippen LogP contribution in [0, 0.1) is 13.0 Å². The van der Waals surface area contributed by atoms with Crippen LogP contribution in [0.2, 0.25) is 0 Å². The second-order valence-electron chi connectivity index (χ2n) is 2.49. The van der Waals surface area contributed by atoms with Crippen LogP contribution >= 0.6 is 0 Å². The third-order valence-electron chi connectivity index (χ3n) is 0.943. The number of rotatable bonds is 4. The van der Waals surface area contributed by atoms with Crippen LogP contribution in [0.25, 0.3) is 0 Å². The zero-order valence-corrected chi connectivity index (χ0v) is 6.55. The monoisotopic (exact) mass is 130 g/mol. The highest BCUT2D eigenvalue weighted by Gasteiger charge is 1.96. The highest BCUT2D eigenvalue weighted by atomic mass is 16.7. The molecule has 9 heavy (non-hydrogen) atoms. The summed E-state index contributed by atoms with van der Waals surface area (Å²) in [5.74, 6) is 0.584. The van der Waals surface area contributed by atoms with Gasteiger partial charge in [0.05, 0.1) is 6.61 Å². The van der Waals surface area contributed by atoms with Gasteiger partial charge in [0.1, 0.15) is 0 Å². The van der Waals surface area contributed by atoms with Crippen molar-refractivity contribution in [2.75, 3.05) is 13.2 Å². The predicted octanol–water partition coefficient (Wildman–Crippen LogP) is 1.69. The zero-order chi connectivity index (χ0) is 7.28. The summed E-state index contributed by atoms with van der Waals surface area (Å²) >= 11 is 0. The fourth-order valence-electron chi connectivity index (χ4n) is 0.346. The molecule has 0 saturated heterocycles. The lowest BCUT2D eigenvalue weighted by Crippen LogP contribution is -2.18. The maximum absolute atomic E-state index is 5.17. The molecule has 2 heteroatoms. The van der Waals surface area contributed by atoms with Gasteiger partial charge in [-0.25, -0.2) is 0 Å². The molecule has 0 aromatic carbocycles. The maximum Gasteiger partial charge on any atom is 0.0708 e. The summed E-state index contributed by atoms with van der Waals surface area (Å²) in [6.45, 7) is 7.84. The molecule has 0 spiro atoms. The molecule has 0 unspecified atom stereocenters. The molecule has 0 heterocycles. The first-order valence-electron chi connectivity index (χ1n) is 3.37. The number of nitrogens with zero attached hydrogens (tertiary/aromatic N) is 1. The van der Waals surface area contributed by atoms with E-state index >= 15 is 0 Å². The first kappa shape index (κ1) is 8.92. The minimum absolute atomic E-state index is 0.584. The third-order valence-corrected chi connectivity index (χ3v) is 0.943. The quantitative estimate of drug-likeness (QED) is 0.537. The fourth-order valence-corrected chi connectivity index (χ4v) is 0.346. The van der Waals surface area contributed by atoms with Gasteiger partial charge in [-0.3, -0.25) is 4.84 Å². The average Bonchev–Trinajstić information content (AvgIpc) is 1.83. The molecule has 55 valence electrons. The number of hydrogen-bond donors (Lipinski definition) is 0. The third kappa shape index (κ3) is 5.80. The van der Waals surface area contributed by atoms with Crippen LogP contribution in [0.4, 0.5) is 0 Å². The molecule has 2 nitrogen and oxygen atoms in total. The van der Waals surface area contributed by atoms with Crippen LogP contribution in [0.5, 0.6) is 0 Å². The molecule has 0 amide bonds. The summed E-state index contributed by atoms with van der Waals surface area (Å²) in [4.78, 5) is 5.17. The Morgan fingerprint density at radius 2 is 2.11 bits per heavy atom. The van der Waals surface area contributed by atoms with Gasteiger partial charge in [-0.2, -0.15) is 5.06 Å². The molecule has 0 aliphatic carbocycles. The van der Waals surface area contributed by atoms with Crippen molar-refractivity contribution in [1.82, 2.24) is 5.06 Å². The topological polar surface area (TPSA) is 12.5 Å². The Labute approximate surface area is 57.8 Å². The summed E-state index contributed by atoms with van der Waals surface area (Å²) in [6, 6.07) is 0. The van der Waals surface area contributed by atoms with Crippen molar-refractivity contribution in [2.24, 2.45) is 5.92 Å². The van der Waals surface area contributed by atoms with Crippen LogP contribution in [0.15, 0.2) is 0 Å². The highest BCUT2D eigenvalue weighted by molar-refractivity contribution is 4.39. The van der Waals surface area contributed by atoms with Gasteiger partial charge >= 0.3 is 0 Å². The van der Waals surface area contributed by atoms with Gasteiger partial charge in [0.25, 0.3) is 0 Å². The summed E-state index contributed by atoms with van der Waals surface area (Å²) in [5, 5.41) is 1.60. The minimum Gasteiger partial charge on any atom is -0.299 e. The van der Waals surface area contributed by atoms with Crippen molar-refractivity contribution < 1.29 is 4.84 Å². The van der Waals surface area contributed by atoms with Gasteiger partial charge in [0.2, 0.25) is 0 Å². The van der Waals surface area contributed by atoms with Gasteiger partial charge in [-0.1, -0.05) is 20.8 Å². The second kappa shape index (κ2) is 4.77. The molecule has 0 aliphatic rings. The van der Waals surface area contributed by atoms with E-state index in [0.717, 1.165) is 13.2 Å². The molecular weight excluding hydrogens is 114 g/mol. The van der Waals surface area contributed by atoms with Gasteiger partial charge in [0.15, 0.2) is 0 Å². The van der Waals surface area contributed by atoms with Crippen LogP contribution < -0.4 is 0 Å². The van der Waals surface area contributed by atoms with E-state index in [1.807, 2.05) is 6.92 Å². The molecule has 0 fully saturated rings. The molecule has 0 saturated carbocycles. The van der Waals surface area contributed by atoms with Crippen molar-refractivity contribution in [3.05, 3.63) is 7.05 Å². The summed E-state index contributed by atoms with van der Waals surface area (Å²) < 4.78 is 0. The van der Waals surface area contributed by atoms with Gasteiger partial charge in [-0.05, 0) is 5.92 Å². The van der Waals surface area contributed by atoms with E-state index in [2.05, 4.69) is 20.9 Å². The lowest BCUT2D eigenvalue weighted by atomic mass is 10.2. The molecule has 0 atom stereocenters. The molecule has 0 rings (SSSR count). The van der Waals surface area contributed by atoms with Gasteiger partial charge < -0.3 is 0 Å². The maximum atomic E-state index is 5.17. The van der Waals surface area contributed by atoms with Crippen molar-refractivity contribution in [1.29, 1.82) is 0 Å². The fraction of sp³-hybridized carbons (Fsp3) is 0.857. The van der Waals surface area contributed by atoms with Crippen molar-refractivity contribution in [3.63, 3.8) is 0 Å². The smallest absolute Gasteiger partial charge is 0.0708 e. The second-order valence-corrected chi connectivity index (χ2v) is 2.49. The van der Waals surface area contributed by atoms with E-state index in [1.54, 1.807) is 5.06 Å². The molecule has 0 aromatic rings. The Morgan fingerprint density at radius 3 is 2.44 bits per heavy atom. The Hall–Kier alpha value is -0.0800. The van der Waals surface area contributed by atoms with Crippen LogP contribution in [0.3, 0.4) is 0 Å². The Balaban J connectivity index is 3.06. The molecule has 0 aliphatic heterocycles. The molecule has 0 aromatic heterocycles. The normalized spacial score (nSPS) is 11.3. The lowest BCUT2D eigenvalue weighted by molar-refractivity contribution is -0.129. The predicted molar refractivity (Wildman–Crippen MR) is 38.5 cm³/mol. The van der Waals surface area contributed by atoms with E-state index < -0.39 is 0 Å². The largest absolute Gasteiger partial charge is 0.299 e. The Kier molecular flexibility index (Phi) is 4.72. The first-order valence-corrected chi connectivity index (χ1v) is 3.37. The van der Waals surface area contributed by atoms with E-state index in [-0.39, 0.29) is 0 Å². The van der Waals surface area contributed by atoms with Crippen LogP contribution in [0.1, 0.15) is 20.8 Å². The highest BCUT2D eigenvalue weighted by Crippen LogP contribution is 1.94. The van der Waals surface area contributed by atoms with Gasteiger partial charge in [0, 0.05) is 13.6 Å². The summed E-state index contributed by atoms with van der Waals surface area (Å²) in [5.41, 5.74) is 0. The van der Waals surface area contributed by atoms with Crippen molar-refractivity contribution in [2.45, 2.75) is 20.8 Å². The minimum atomic E-state index is 0.584. The molecule has 0 bridgehead atoms. The van der Waals surface area contributed by atoms with E-state index in [9.17, 15) is 0 Å². The van der Waals surface area contributed by atoms with Crippen LogP contribution in [-0.4, -0.2) is 18.2 Å². The zero-order valence-electron chi connectivity index (χ0n) is 6.55. The Bertz CT molecular complexity index is 63.9. The van der Waals surface area contributed by atoms with Crippen molar-refractivity contribution >= 4 is 0 Å². The lowest BCUT2D eigenvalue weighted by Gasteiger charge is -2.14. The summed E-state index contributed by atoms with van der Waals surface area (Å²) in [7, 11) is 3.64. The molecular formula is C7H16NO.